The first-order valence-electron chi connectivity index (χ1n) is 1.40. The summed E-state index contributed by atoms with van der Waals surface area (Å²) in [4.78, 5) is 0. The second-order valence-corrected chi connectivity index (χ2v) is 2.69. The fourth-order valence-electron chi connectivity index (χ4n) is 0. The van der Waals surface area contributed by atoms with Crippen LogP contribution in [0.25, 0.3) is 0 Å². The molecule has 0 saturated heterocycles. The molecule has 11 heavy (non-hydrogen) atoms. The summed E-state index contributed by atoms with van der Waals surface area (Å²) in [6.45, 7) is 0. The number of hydrogen-bond donors (Lipinski definition) is 4. The van der Waals surface area contributed by atoms with Crippen LogP contribution in [0.2, 0.25) is 0 Å². The first kappa shape index (κ1) is 17.4. The predicted octanol–water partition coefficient (Wildman–Crippen LogP) is -2.22. The normalized spacial score (nSPS) is 10.5. The van der Waals surface area contributed by atoms with E-state index in [4.69, 9.17) is 35.0 Å². The van der Waals surface area contributed by atoms with E-state index in [9.17, 15) is 0 Å². The molecule has 0 bridgehead atoms. The van der Waals surface area contributed by atoms with Crippen molar-refractivity contribution < 1.29 is 35.0 Å². The summed E-state index contributed by atoms with van der Waals surface area (Å²) < 4.78 is 63.2. The van der Waals surface area contributed by atoms with Gasteiger partial charge in [0.2, 0.25) is 0 Å². The molecule has 0 aromatic heterocycles. The van der Waals surface area contributed by atoms with Gasteiger partial charge in [0, 0.05) is 0 Å². The van der Waals surface area contributed by atoms with Crippen molar-refractivity contribution in [2.45, 2.75) is 0 Å². The summed E-state index contributed by atoms with van der Waals surface area (Å²) in [6.07, 6.45) is 0. The van der Waals surface area contributed by atoms with Gasteiger partial charge in [0.15, 0.2) is 0 Å². The van der Waals surface area contributed by atoms with E-state index in [2.05, 4.69) is 0 Å². The van der Waals surface area contributed by atoms with Crippen molar-refractivity contribution in [2.24, 2.45) is 0 Å². The molecule has 72 valence electrons. The van der Waals surface area contributed by atoms with Crippen LogP contribution in [0, 0.1) is 0 Å². The Bertz CT molecular complexity index is 208. The molecule has 0 aliphatic carbocycles. The predicted molar refractivity (Wildman–Crippen MR) is 36.9 cm³/mol. The molecular formula is H6O8S2Se. The summed E-state index contributed by atoms with van der Waals surface area (Å²) >= 11 is 0. The van der Waals surface area contributed by atoms with E-state index in [1.54, 1.807) is 0 Å². The van der Waals surface area contributed by atoms with Gasteiger partial charge in [-0.1, -0.05) is 0 Å². The van der Waals surface area contributed by atoms with E-state index < -0.39 is 20.8 Å². The van der Waals surface area contributed by atoms with Gasteiger partial charge in [0.25, 0.3) is 0 Å². The maximum absolute atomic E-state index is 8.74. The Morgan fingerprint density at radius 3 is 0.636 bits per heavy atom. The third kappa shape index (κ3) is 10400. The quantitative estimate of drug-likeness (QED) is 0.287. The van der Waals surface area contributed by atoms with Gasteiger partial charge in [0.1, 0.15) is 0 Å². The molecule has 0 unspecified atom stereocenters. The minimum atomic E-state index is -4.67. The van der Waals surface area contributed by atoms with E-state index in [0.717, 1.165) is 0 Å². The van der Waals surface area contributed by atoms with Gasteiger partial charge in [-0.25, -0.2) is 0 Å². The van der Waals surface area contributed by atoms with Gasteiger partial charge >= 0.3 is 37.9 Å². The van der Waals surface area contributed by atoms with Crippen LogP contribution >= 0.6 is 0 Å². The van der Waals surface area contributed by atoms with Crippen molar-refractivity contribution >= 4 is 37.9 Å². The van der Waals surface area contributed by atoms with Crippen molar-refractivity contribution in [1.82, 2.24) is 0 Å². The molecule has 0 aliphatic heterocycles. The van der Waals surface area contributed by atoms with Crippen LogP contribution in [0.1, 0.15) is 0 Å². The van der Waals surface area contributed by atoms with Gasteiger partial charge in [-0.3, -0.25) is 18.2 Å². The van der Waals surface area contributed by atoms with Crippen LogP contribution in [0.5, 0.6) is 0 Å². The molecular weight excluding hydrogens is 271 g/mol. The summed E-state index contributed by atoms with van der Waals surface area (Å²) in [6, 6.07) is 0. The van der Waals surface area contributed by atoms with Gasteiger partial charge in [-0.2, -0.15) is 16.8 Å². The van der Waals surface area contributed by atoms with Crippen LogP contribution in [0.3, 0.4) is 0 Å². The van der Waals surface area contributed by atoms with Gasteiger partial charge in [-0.15, -0.1) is 0 Å². The molecule has 0 heterocycles. The van der Waals surface area contributed by atoms with E-state index >= 15 is 0 Å². The van der Waals surface area contributed by atoms with Crippen molar-refractivity contribution in [3.63, 3.8) is 0 Å². The average Bonchev–Trinajstić information content (AvgIpc) is 1.12. The molecule has 0 atom stereocenters. The summed E-state index contributed by atoms with van der Waals surface area (Å²) in [5.74, 6) is 0. The Morgan fingerprint density at radius 2 is 0.636 bits per heavy atom. The number of hydrogen-bond acceptors (Lipinski definition) is 4. The SMILES string of the molecule is O=S(=O)(O)O.O=S(=O)(O)O.[SeH2]. The molecule has 0 aliphatic rings. The van der Waals surface area contributed by atoms with E-state index in [0.29, 0.717) is 0 Å². The van der Waals surface area contributed by atoms with E-state index in [1.165, 1.54) is 0 Å². The fourth-order valence-corrected chi connectivity index (χ4v) is 0. The molecule has 0 radical (unpaired) electrons. The Balaban J connectivity index is -0.000000107. The van der Waals surface area contributed by atoms with E-state index in [1.807, 2.05) is 0 Å². The van der Waals surface area contributed by atoms with Crippen molar-refractivity contribution in [1.29, 1.82) is 0 Å². The van der Waals surface area contributed by atoms with Crippen LogP contribution in [0.15, 0.2) is 0 Å². The van der Waals surface area contributed by atoms with Gasteiger partial charge in [0.05, 0.1) is 0 Å². The van der Waals surface area contributed by atoms with Crippen LogP contribution in [0.4, 0.5) is 0 Å². The third-order valence-electron chi connectivity index (χ3n) is 0. The first-order valence-corrected chi connectivity index (χ1v) is 4.19. The maximum atomic E-state index is 8.74. The molecule has 0 aromatic carbocycles. The van der Waals surface area contributed by atoms with Crippen LogP contribution in [-0.4, -0.2) is 52.1 Å². The fraction of sp³-hybridized carbons (Fsp3) is 0. The van der Waals surface area contributed by atoms with Crippen molar-refractivity contribution in [3.05, 3.63) is 0 Å². The summed E-state index contributed by atoms with van der Waals surface area (Å²) in [5.41, 5.74) is 0. The molecule has 11 heteroatoms. The second-order valence-electron chi connectivity index (χ2n) is 0.896. The Hall–Kier alpha value is 0.259. The Labute approximate surface area is 73.2 Å². The van der Waals surface area contributed by atoms with Crippen LogP contribution < -0.4 is 0 Å². The van der Waals surface area contributed by atoms with Gasteiger partial charge in [-0.05, 0) is 0 Å². The summed E-state index contributed by atoms with van der Waals surface area (Å²) in [7, 11) is -9.33. The average molecular weight is 277 g/mol. The topological polar surface area (TPSA) is 149 Å². The third-order valence-corrected chi connectivity index (χ3v) is 0. The molecule has 4 N–H and O–H groups in total. The number of rotatable bonds is 0. The Kier molecular flexibility index (Phi) is 9.24. The zero-order chi connectivity index (χ0) is 9.00. The standard InChI is InChI=1S/2H2O4S.H2Se/c2*1-5(2,3)4;/h2*(H2,1,2,3,4);1H2. The zero-order valence-electron chi connectivity index (χ0n) is 4.74. The monoisotopic (exact) mass is 278 g/mol. The molecule has 0 saturated carbocycles. The minimum absolute atomic E-state index is 0. The van der Waals surface area contributed by atoms with Crippen LogP contribution in [-0.2, 0) is 20.8 Å². The van der Waals surface area contributed by atoms with E-state index in [-0.39, 0.29) is 17.1 Å². The van der Waals surface area contributed by atoms with Crippen molar-refractivity contribution in [3.8, 4) is 0 Å². The second kappa shape index (κ2) is 5.85. The molecule has 0 rings (SSSR count). The Morgan fingerprint density at radius 1 is 0.636 bits per heavy atom. The summed E-state index contributed by atoms with van der Waals surface area (Å²) in [5, 5.41) is 0. The van der Waals surface area contributed by atoms with Gasteiger partial charge < -0.3 is 0 Å². The zero-order valence-corrected chi connectivity index (χ0v) is 8.47. The molecule has 0 amide bonds. The molecule has 0 aromatic rings. The van der Waals surface area contributed by atoms with Crippen molar-refractivity contribution in [2.75, 3.05) is 0 Å². The first-order chi connectivity index (χ1) is 4.00. The molecule has 0 fully saturated rings. The molecule has 8 nitrogen and oxygen atoms in total. The molecule has 0 spiro atoms.